The number of piperidine rings is 1. The van der Waals surface area contributed by atoms with Crippen LogP contribution in [0.5, 0.6) is 0 Å². The molecule has 0 aromatic rings. The maximum atomic E-state index is 11.1. The van der Waals surface area contributed by atoms with Crippen molar-refractivity contribution in [3.05, 3.63) is 0 Å². The van der Waals surface area contributed by atoms with Crippen molar-refractivity contribution in [2.75, 3.05) is 33.7 Å². The fourth-order valence-electron chi connectivity index (χ4n) is 2.61. The zero-order valence-corrected chi connectivity index (χ0v) is 12.7. The Morgan fingerprint density at radius 3 is 2.37 bits per heavy atom. The minimum atomic E-state index is -0.849. The molecular weight excluding hydrogens is 240 g/mol. The summed E-state index contributed by atoms with van der Waals surface area (Å²) in [5, 5.41) is 0. The quantitative estimate of drug-likeness (QED) is 0.656. The van der Waals surface area contributed by atoms with Crippen LogP contribution in [-0.4, -0.2) is 61.0 Å². The van der Waals surface area contributed by atoms with E-state index in [-0.39, 0.29) is 0 Å². The molecule has 0 saturated carbocycles. The highest BCUT2D eigenvalue weighted by Gasteiger charge is 2.25. The SMILES string of the molecule is CN(C)C1CCN(CCCCC(C)(N)C(N)=O)CC1. The number of nitrogens with two attached hydrogens (primary N) is 2. The third-order valence-electron chi connectivity index (χ3n) is 4.27. The van der Waals surface area contributed by atoms with Gasteiger partial charge in [-0.25, -0.2) is 0 Å². The number of rotatable bonds is 7. The Kier molecular flexibility index (Phi) is 6.23. The molecule has 5 heteroatoms. The first-order valence-electron chi connectivity index (χ1n) is 7.30. The van der Waals surface area contributed by atoms with Crippen LogP contribution in [0.3, 0.4) is 0 Å². The maximum Gasteiger partial charge on any atom is 0.237 e. The van der Waals surface area contributed by atoms with Crippen LogP contribution in [0, 0.1) is 0 Å². The number of hydrogen-bond donors (Lipinski definition) is 2. The van der Waals surface area contributed by atoms with Crippen molar-refractivity contribution >= 4 is 5.91 Å². The molecule has 0 aromatic heterocycles. The second-order valence-electron chi connectivity index (χ2n) is 6.28. The van der Waals surface area contributed by atoms with Crippen molar-refractivity contribution in [1.29, 1.82) is 0 Å². The zero-order chi connectivity index (χ0) is 14.5. The molecular formula is C14H30N4O. The summed E-state index contributed by atoms with van der Waals surface area (Å²) in [6.07, 6.45) is 5.23. The Balaban J connectivity index is 2.13. The molecule has 0 aliphatic carbocycles. The van der Waals surface area contributed by atoms with Crippen molar-refractivity contribution < 1.29 is 4.79 Å². The largest absolute Gasteiger partial charge is 0.368 e. The summed E-state index contributed by atoms with van der Waals surface area (Å²) in [6.45, 7) is 5.18. The molecule has 5 nitrogen and oxygen atoms in total. The van der Waals surface area contributed by atoms with E-state index in [2.05, 4.69) is 23.9 Å². The standard InChI is InChI=1S/C14H30N4O/c1-14(16,13(15)19)8-4-5-9-18-10-6-12(7-11-18)17(2)3/h12H,4-11,16H2,1-3H3,(H2,15,19). The normalized spacial score (nSPS) is 21.5. The Morgan fingerprint density at radius 2 is 1.89 bits per heavy atom. The van der Waals surface area contributed by atoms with E-state index in [9.17, 15) is 4.79 Å². The first-order chi connectivity index (χ1) is 8.83. The summed E-state index contributed by atoms with van der Waals surface area (Å²) in [5.74, 6) is -0.403. The van der Waals surface area contributed by atoms with Gasteiger partial charge in [0.1, 0.15) is 0 Å². The lowest BCUT2D eigenvalue weighted by Gasteiger charge is -2.35. The van der Waals surface area contributed by atoms with Crippen LogP contribution in [0.1, 0.15) is 39.0 Å². The predicted molar refractivity (Wildman–Crippen MR) is 78.8 cm³/mol. The summed E-state index contributed by atoms with van der Waals surface area (Å²) in [5.41, 5.74) is 10.2. The lowest BCUT2D eigenvalue weighted by molar-refractivity contribution is -0.122. The summed E-state index contributed by atoms with van der Waals surface area (Å²) in [4.78, 5) is 15.9. The number of carbonyl (C=O) groups is 1. The number of carbonyl (C=O) groups excluding carboxylic acids is 1. The van der Waals surface area contributed by atoms with E-state index in [4.69, 9.17) is 11.5 Å². The van der Waals surface area contributed by atoms with E-state index in [1.165, 1.54) is 25.9 Å². The minimum Gasteiger partial charge on any atom is -0.368 e. The number of amides is 1. The first kappa shape index (κ1) is 16.4. The summed E-state index contributed by atoms with van der Waals surface area (Å²) in [6, 6.07) is 0.735. The Hall–Kier alpha value is -0.650. The van der Waals surface area contributed by atoms with E-state index in [1.807, 2.05) is 0 Å². The first-order valence-corrected chi connectivity index (χ1v) is 7.30. The molecule has 1 unspecified atom stereocenters. The van der Waals surface area contributed by atoms with Crippen LogP contribution < -0.4 is 11.5 Å². The van der Waals surface area contributed by atoms with Gasteiger partial charge in [0.2, 0.25) is 5.91 Å². The fourth-order valence-corrected chi connectivity index (χ4v) is 2.61. The van der Waals surface area contributed by atoms with E-state index in [0.29, 0.717) is 6.42 Å². The third kappa shape index (κ3) is 5.47. The molecule has 4 N–H and O–H groups in total. The molecule has 0 radical (unpaired) electrons. The molecule has 1 saturated heterocycles. The van der Waals surface area contributed by atoms with Crippen LogP contribution in [0.25, 0.3) is 0 Å². The van der Waals surface area contributed by atoms with Gasteiger partial charge in [0.15, 0.2) is 0 Å². The monoisotopic (exact) mass is 270 g/mol. The van der Waals surface area contributed by atoms with E-state index >= 15 is 0 Å². The smallest absolute Gasteiger partial charge is 0.237 e. The summed E-state index contributed by atoms with van der Waals surface area (Å²) >= 11 is 0. The van der Waals surface area contributed by atoms with Gasteiger partial charge in [-0.15, -0.1) is 0 Å². The van der Waals surface area contributed by atoms with Gasteiger partial charge in [0.25, 0.3) is 0 Å². The van der Waals surface area contributed by atoms with Crippen molar-refractivity contribution in [2.45, 2.75) is 50.6 Å². The van der Waals surface area contributed by atoms with Gasteiger partial charge in [-0.3, -0.25) is 4.79 Å². The van der Waals surface area contributed by atoms with E-state index < -0.39 is 11.4 Å². The predicted octanol–water partition coefficient (Wildman–Crippen LogP) is 0.385. The van der Waals surface area contributed by atoms with Crippen LogP contribution in [0.15, 0.2) is 0 Å². The van der Waals surface area contributed by atoms with Crippen LogP contribution >= 0.6 is 0 Å². The molecule has 112 valence electrons. The Bertz CT molecular complexity index is 283. The molecule has 0 bridgehead atoms. The maximum absolute atomic E-state index is 11.1. The molecule has 1 atom stereocenters. The van der Waals surface area contributed by atoms with Gasteiger partial charge in [-0.1, -0.05) is 0 Å². The summed E-state index contributed by atoms with van der Waals surface area (Å²) < 4.78 is 0. The lowest BCUT2D eigenvalue weighted by Crippen LogP contribution is -2.49. The zero-order valence-electron chi connectivity index (χ0n) is 12.7. The van der Waals surface area contributed by atoms with Gasteiger partial charge in [-0.05, 0) is 72.8 Å². The Labute approximate surface area is 117 Å². The molecule has 1 rings (SSSR count). The van der Waals surface area contributed by atoms with Gasteiger partial charge < -0.3 is 21.3 Å². The lowest BCUT2D eigenvalue weighted by atomic mass is 9.95. The average Bonchev–Trinajstić information content (AvgIpc) is 2.35. The van der Waals surface area contributed by atoms with Crippen molar-refractivity contribution in [3.8, 4) is 0 Å². The van der Waals surface area contributed by atoms with Crippen molar-refractivity contribution in [2.24, 2.45) is 11.5 Å². The molecule has 1 heterocycles. The third-order valence-corrected chi connectivity index (χ3v) is 4.27. The second-order valence-corrected chi connectivity index (χ2v) is 6.28. The Morgan fingerprint density at radius 1 is 1.32 bits per heavy atom. The number of unbranched alkanes of at least 4 members (excludes halogenated alkanes) is 1. The number of nitrogens with zero attached hydrogens (tertiary/aromatic N) is 2. The van der Waals surface area contributed by atoms with Crippen molar-refractivity contribution in [3.63, 3.8) is 0 Å². The van der Waals surface area contributed by atoms with Crippen LogP contribution in [-0.2, 0) is 4.79 Å². The van der Waals surface area contributed by atoms with Gasteiger partial charge in [-0.2, -0.15) is 0 Å². The molecule has 19 heavy (non-hydrogen) atoms. The molecule has 0 spiro atoms. The van der Waals surface area contributed by atoms with Crippen molar-refractivity contribution in [1.82, 2.24) is 9.80 Å². The highest BCUT2D eigenvalue weighted by Crippen LogP contribution is 2.16. The van der Waals surface area contributed by atoms with Gasteiger partial charge >= 0.3 is 0 Å². The molecule has 1 aliphatic rings. The average molecular weight is 270 g/mol. The number of likely N-dealkylation sites (tertiary alicyclic amines) is 1. The van der Waals surface area contributed by atoms with Crippen LogP contribution in [0.4, 0.5) is 0 Å². The van der Waals surface area contributed by atoms with Gasteiger partial charge in [0.05, 0.1) is 5.54 Å². The highest BCUT2D eigenvalue weighted by molar-refractivity contribution is 5.83. The molecule has 1 aliphatic heterocycles. The molecule has 1 amide bonds. The number of hydrogen-bond acceptors (Lipinski definition) is 4. The highest BCUT2D eigenvalue weighted by atomic mass is 16.1. The molecule has 1 fully saturated rings. The summed E-state index contributed by atoms with van der Waals surface area (Å²) in [7, 11) is 4.32. The molecule has 0 aromatic carbocycles. The number of primary amides is 1. The topological polar surface area (TPSA) is 75.6 Å². The minimum absolute atomic E-state index is 0.403. The van der Waals surface area contributed by atoms with Crippen LogP contribution in [0.2, 0.25) is 0 Å². The second kappa shape index (κ2) is 7.22. The van der Waals surface area contributed by atoms with E-state index in [0.717, 1.165) is 25.4 Å². The van der Waals surface area contributed by atoms with Gasteiger partial charge in [0, 0.05) is 6.04 Å². The van der Waals surface area contributed by atoms with E-state index in [1.54, 1.807) is 6.92 Å². The fraction of sp³-hybridized carbons (Fsp3) is 0.929.